The van der Waals surface area contributed by atoms with Gasteiger partial charge in [-0.2, -0.15) is 0 Å². The number of aromatic nitrogens is 1. The Morgan fingerprint density at radius 2 is 1.74 bits per heavy atom. The van der Waals surface area contributed by atoms with Gasteiger partial charge in [-0.05, 0) is 29.7 Å². The van der Waals surface area contributed by atoms with E-state index in [9.17, 15) is 27.9 Å². The Labute approximate surface area is 224 Å². The number of hydrogen-bond acceptors (Lipinski definition) is 7. The molecule has 11 nitrogen and oxygen atoms in total. The molecular weight excluding hydrogens is 530 g/mol. The molecule has 0 saturated carbocycles. The molecule has 3 aromatic rings. The summed E-state index contributed by atoms with van der Waals surface area (Å²) in [5, 5.41) is 19.0. The number of thiazole rings is 1. The second-order valence-electron chi connectivity index (χ2n) is 8.35. The highest BCUT2D eigenvalue weighted by atomic mass is 32.2. The number of amides is 3. The molecular formula is C25H29N5O6S2. The number of carboxylic acids is 1. The van der Waals surface area contributed by atoms with Crippen molar-refractivity contribution in [2.75, 3.05) is 16.4 Å². The lowest BCUT2D eigenvalue weighted by Gasteiger charge is -2.18. The molecule has 0 spiro atoms. The fraction of sp³-hybridized carbons (Fsp3) is 0.280. The minimum absolute atomic E-state index is 0.0903. The summed E-state index contributed by atoms with van der Waals surface area (Å²) in [6, 6.07) is 14.2. The topological polar surface area (TPSA) is 167 Å². The molecule has 2 aromatic carbocycles. The van der Waals surface area contributed by atoms with E-state index in [1.807, 2.05) is 37.3 Å². The van der Waals surface area contributed by atoms with Crippen molar-refractivity contribution in [3.8, 4) is 0 Å². The van der Waals surface area contributed by atoms with Crippen LogP contribution in [0.3, 0.4) is 0 Å². The number of urea groups is 1. The lowest BCUT2D eigenvalue weighted by atomic mass is 10.0. The normalized spacial score (nSPS) is 11.9. The molecule has 38 heavy (non-hydrogen) atoms. The van der Waals surface area contributed by atoms with E-state index in [0.29, 0.717) is 30.6 Å². The summed E-state index contributed by atoms with van der Waals surface area (Å²) in [6.45, 7) is 2.21. The molecule has 3 amide bonds. The van der Waals surface area contributed by atoms with Crippen molar-refractivity contribution in [3.63, 3.8) is 0 Å². The Kier molecular flexibility index (Phi) is 10.3. The predicted octanol–water partition coefficient (Wildman–Crippen LogP) is 3.95. The Hall–Kier alpha value is -3.81. The highest BCUT2D eigenvalue weighted by Crippen LogP contribution is 2.22. The number of anilines is 2. The summed E-state index contributed by atoms with van der Waals surface area (Å²) in [6.07, 6.45) is 0.730. The predicted molar refractivity (Wildman–Crippen MR) is 146 cm³/mol. The molecule has 0 radical (unpaired) electrons. The second-order valence-corrected chi connectivity index (χ2v) is 11.1. The second kappa shape index (κ2) is 13.7. The van der Waals surface area contributed by atoms with Crippen LogP contribution in [0.5, 0.6) is 0 Å². The van der Waals surface area contributed by atoms with Crippen LogP contribution in [0.25, 0.3) is 0 Å². The van der Waals surface area contributed by atoms with E-state index in [1.165, 1.54) is 5.38 Å². The molecule has 0 aliphatic carbocycles. The van der Waals surface area contributed by atoms with E-state index in [2.05, 4.69) is 25.7 Å². The lowest BCUT2D eigenvalue weighted by molar-refractivity contribution is -0.137. The van der Waals surface area contributed by atoms with Crippen molar-refractivity contribution in [1.29, 1.82) is 0 Å². The highest BCUT2D eigenvalue weighted by molar-refractivity contribution is 7.89. The van der Waals surface area contributed by atoms with Gasteiger partial charge < -0.3 is 15.7 Å². The van der Waals surface area contributed by atoms with Gasteiger partial charge in [0.05, 0.1) is 18.2 Å². The van der Waals surface area contributed by atoms with Crippen molar-refractivity contribution in [2.45, 2.75) is 38.8 Å². The average Bonchev–Trinajstić information content (AvgIpc) is 3.35. The van der Waals surface area contributed by atoms with Gasteiger partial charge in [0.15, 0.2) is 5.13 Å². The van der Waals surface area contributed by atoms with Crippen LogP contribution in [0.4, 0.5) is 15.6 Å². The molecule has 0 fully saturated rings. The van der Waals surface area contributed by atoms with E-state index in [1.54, 1.807) is 24.3 Å². The van der Waals surface area contributed by atoms with Crippen LogP contribution in [0.15, 0.2) is 60.0 Å². The summed E-state index contributed by atoms with van der Waals surface area (Å²) in [7, 11) is -3.65. The highest BCUT2D eigenvalue weighted by Gasteiger charge is 2.22. The molecule has 0 aliphatic rings. The number of carboxylic acid groups (broad SMARTS) is 1. The van der Waals surface area contributed by atoms with Crippen LogP contribution in [-0.2, 0) is 21.4 Å². The van der Waals surface area contributed by atoms with Crippen molar-refractivity contribution in [1.82, 2.24) is 15.0 Å². The molecule has 0 bridgehead atoms. The number of hydrogen-bond donors (Lipinski definition) is 5. The average molecular weight is 560 g/mol. The monoisotopic (exact) mass is 559 g/mol. The van der Waals surface area contributed by atoms with Gasteiger partial charge in [0.2, 0.25) is 10.0 Å². The number of carbonyl (C=O) groups excluding carboxylic acids is 2. The molecule has 13 heteroatoms. The third kappa shape index (κ3) is 9.25. The zero-order chi connectivity index (χ0) is 27.5. The summed E-state index contributed by atoms with van der Waals surface area (Å²) in [5.41, 5.74) is 1.90. The molecule has 202 valence electrons. The maximum Gasteiger partial charge on any atom is 0.321 e. The quantitative estimate of drug-likeness (QED) is 0.211. The van der Waals surface area contributed by atoms with Gasteiger partial charge in [-0.3, -0.25) is 14.9 Å². The van der Waals surface area contributed by atoms with E-state index in [-0.39, 0.29) is 16.6 Å². The molecule has 1 unspecified atom stereocenters. The first-order valence-electron chi connectivity index (χ1n) is 11.8. The van der Waals surface area contributed by atoms with Gasteiger partial charge in [0.25, 0.3) is 5.91 Å². The smallest absolute Gasteiger partial charge is 0.321 e. The maximum absolute atomic E-state index is 12.6. The van der Waals surface area contributed by atoms with E-state index >= 15 is 0 Å². The standard InChI is InChI=1S/C25H29N5O6S2/c1-2-3-13-38(35,36)30-20(14-22(31)32)18-9-11-19(12-10-18)27-23(33)21-16-37-25(28-21)29-24(34)26-15-17-7-5-4-6-8-17/h4-12,16,20,30H,2-3,13-15H2,1H3,(H,27,33)(H,31,32)(H2,26,28,29,34). The zero-order valence-electron chi connectivity index (χ0n) is 20.6. The van der Waals surface area contributed by atoms with E-state index < -0.39 is 40.4 Å². The van der Waals surface area contributed by atoms with Crippen LogP contribution < -0.4 is 20.7 Å². The van der Waals surface area contributed by atoms with Crippen LogP contribution in [0.1, 0.15) is 53.8 Å². The molecule has 0 aliphatic heterocycles. The van der Waals surface area contributed by atoms with Crippen molar-refractivity contribution in [2.24, 2.45) is 0 Å². The van der Waals surface area contributed by atoms with Crippen LogP contribution in [0.2, 0.25) is 0 Å². The summed E-state index contributed by atoms with van der Waals surface area (Å²) >= 11 is 1.10. The summed E-state index contributed by atoms with van der Waals surface area (Å²) in [4.78, 5) is 40.2. The number of benzene rings is 2. The first-order valence-corrected chi connectivity index (χ1v) is 14.4. The minimum Gasteiger partial charge on any atom is -0.481 e. The van der Waals surface area contributed by atoms with Crippen LogP contribution >= 0.6 is 11.3 Å². The van der Waals surface area contributed by atoms with Crippen molar-refractivity contribution >= 4 is 50.1 Å². The molecule has 1 heterocycles. The Morgan fingerprint density at radius 1 is 1.03 bits per heavy atom. The summed E-state index contributed by atoms with van der Waals surface area (Å²) in [5.74, 6) is -1.74. The van der Waals surface area contributed by atoms with Gasteiger partial charge in [0, 0.05) is 17.6 Å². The fourth-order valence-electron chi connectivity index (χ4n) is 3.36. The Bertz CT molecular complexity index is 1340. The summed E-state index contributed by atoms with van der Waals surface area (Å²) < 4.78 is 27.0. The fourth-order valence-corrected chi connectivity index (χ4v) is 5.49. The number of nitrogens with one attached hydrogen (secondary N) is 4. The molecule has 3 rings (SSSR count). The van der Waals surface area contributed by atoms with Gasteiger partial charge in [0.1, 0.15) is 5.69 Å². The molecule has 0 saturated heterocycles. The number of sulfonamides is 1. The molecule has 1 aromatic heterocycles. The third-order valence-electron chi connectivity index (χ3n) is 5.29. The van der Waals surface area contributed by atoms with Gasteiger partial charge in [-0.15, -0.1) is 11.3 Å². The van der Waals surface area contributed by atoms with Crippen LogP contribution in [0, 0.1) is 0 Å². The van der Waals surface area contributed by atoms with Crippen molar-refractivity contribution < 1.29 is 27.9 Å². The zero-order valence-corrected chi connectivity index (χ0v) is 22.3. The lowest BCUT2D eigenvalue weighted by Crippen LogP contribution is -2.32. The number of aliphatic carboxylic acids is 1. The SMILES string of the molecule is CCCCS(=O)(=O)NC(CC(=O)O)c1ccc(NC(=O)c2csc(NC(=O)NCc3ccccc3)n2)cc1. The van der Waals surface area contributed by atoms with Gasteiger partial charge in [-0.1, -0.05) is 55.8 Å². The minimum atomic E-state index is -3.65. The van der Waals surface area contributed by atoms with E-state index in [4.69, 9.17) is 0 Å². The van der Waals surface area contributed by atoms with Crippen molar-refractivity contribution in [3.05, 3.63) is 76.8 Å². The van der Waals surface area contributed by atoms with E-state index in [0.717, 1.165) is 16.9 Å². The number of carbonyl (C=O) groups is 3. The van der Waals surface area contributed by atoms with Gasteiger partial charge in [-0.25, -0.2) is 22.9 Å². The molecule has 5 N–H and O–H groups in total. The first kappa shape index (κ1) is 28.8. The van der Waals surface area contributed by atoms with Crippen LogP contribution in [-0.4, -0.2) is 42.2 Å². The number of rotatable bonds is 13. The maximum atomic E-state index is 12.6. The largest absolute Gasteiger partial charge is 0.481 e. The Balaban J connectivity index is 1.57. The first-order chi connectivity index (χ1) is 18.1. The van der Waals surface area contributed by atoms with Gasteiger partial charge >= 0.3 is 12.0 Å². The number of nitrogens with zero attached hydrogens (tertiary/aromatic N) is 1. The third-order valence-corrected chi connectivity index (χ3v) is 7.52. The molecule has 1 atom stereocenters. The number of unbranched alkanes of at least 4 members (excludes halogenated alkanes) is 1. The Morgan fingerprint density at radius 3 is 2.39 bits per heavy atom.